The Labute approximate surface area is 353 Å². The van der Waals surface area contributed by atoms with Gasteiger partial charge in [0.1, 0.15) is 23.5 Å². The van der Waals surface area contributed by atoms with Crippen molar-refractivity contribution >= 4 is 33.2 Å². The summed E-state index contributed by atoms with van der Waals surface area (Å²) in [6.45, 7) is 15.4. The molecule has 1 atom stereocenters. The molecule has 2 aromatic heterocycles. The number of benzene rings is 5. The molecule has 5 nitrogen and oxygen atoms in total. The third-order valence-electron chi connectivity index (χ3n) is 11.8. The van der Waals surface area contributed by atoms with Gasteiger partial charge in [-0.2, -0.15) is 0 Å². The fourth-order valence-electron chi connectivity index (χ4n) is 8.87. The molecule has 59 heavy (non-hydrogen) atoms. The van der Waals surface area contributed by atoms with Gasteiger partial charge in [0.25, 0.3) is 0 Å². The lowest BCUT2D eigenvalue weighted by atomic mass is 9.84. The lowest BCUT2D eigenvalue weighted by molar-refractivity contribution is 0.469. The number of hydrogen-bond donors (Lipinski definition) is 0. The van der Waals surface area contributed by atoms with Crippen LogP contribution in [0.4, 0.5) is 5.69 Å². The smallest absolute Gasteiger partial charge is 0.137 e. The van der Waals surface area contributed by atoms with Crippen LogP contribution in [0.3, 0.4) is 0 Å². The summed E-state index contributed by atoms with van der Waals surface area (Å²) < 4.78 is 34.7. The largest absolute Gasteiger partial charge is 0.457 e. The van der Waals surface area contributed by atoms with E-state index in [1.54, 1.807) is 6.07 Å². The molecular weight excluding hydrogens is 721 g/mol. The highest BCUT2D eigenvalue weighted by atomic mass is 16.5. The monoisotopic (exact) mass is 777 g/mol. The van der Waals surface area contributed by atoms with Gasteiger partial charge in [-0.25, -0.2) is 4.98 Å². The predicted molar refractivity (Wildman–Crippen MR) is 248 cm³/mol. The third kappa shape index (κ3) is 6.82. The van der Waals surface area contributed by atoms with E-state index in [0.717, 1.165) is 50.0 Å². The van der Waals surface area contributed by atoms with Gasteiger partial charge in [-0.15, -0.1) is 0 Å². The van der Waals surface area contributed by atoms with Crippen molar-refractivity contribution in [2.75, 3.05) is 4.90 Å². The first-order valence-corrected chi connectivity index (χ1v) is 20.8. The second-order valence-electron chi connectivity index (χ2n) is 17.6. The summed E-state index contributed by atoms with van der Waals surface area (Å²) in [6, 6.07) is 37.9. The van der Waals surface area contributed by atoms with Crippen LogP contribution in [0.2, 0.25) is 0 Å². The van der Waals surface area contributed by atoms with Gasteiger partial charge in [0.15, 0.2) is 0 Å². The van der Waals surface area contributed by atoms with Gasteiger partial charge in [-0.3, -0.25) is 4.57 Å². The SMILES string of the molecule is [2H]C([2H])([2H])c1cccc(C)c1N1C=C(c2cc(Oc3ccc4c5ccccc5n(-c5cc(C(C)(C)C)ccn5)c4c3)cc(-c3c(C(C)C)cccc3C(C)C)c2)N2C=CC=CC21. The molecule has 0 spiro atoms. The third-order valence-corrected chi connectivity index (χ3v) is 11.8. The summed E-state index contributed by atoms with van der Waals surface area (Å²) in [6.07, 6.45) is 12.0. The highest BCUT2D eigenvalue weighted by molar-refractivity contribution is 6.09. The van der Waals surface area contributed by atoms with Crippen LogP contribution in [0, 0.1) is 13.8 Å². The molecule has 5 heteroatoms. The second-order valence-corrected chi connectivity index (χ2v) is 17.6. The molecule has 0 amide bonds. The zero-order chi connectivity index (χ0) is 43.7. The number of ether oxygens (including phenoxy) is 1. The van der Waals surface area contributed by atoms with E-state index in [4.69, 9.17) is 13.8 Å². The van der Waals surface area contributed by atoms with Gasteiger partial charge in [-0.1, -0.05) is 109 Å². The molecule has 2 aliphatic heterocycles. The van der Waals surface area contributed by atoms with Gasteiger partial charge >= 0.3 is 0 Å². The summed E-state index contributed by atoms with van der Waals surface area (Å²) in [5.74, 6) is 2.84. The minimum atomic E-state index is -2.29. The minimum absolute atomic E-state index is 0.0408. The van der Waals surface area contributed by atoms with Crippen molar-refractivity contribution in [1.29, 1.82) is 0 Å². The first kappa shape index (κ1) is 34.7. The first-order chi connectivity index (χ1) is 29.6. The van der Waals surface area contributed by atoms with E-state index in [0.29, 0.717) is 22.7 Å². The van der Waals surface area contributed by atoms with E-state index in [1.165, 1.54) is 22.3 Å². The van der Waals surface area contributed by atoms with Crippen molar-refractivity contribution in [1.82, 2.24) is 14.5 Å². The number of hydrogen-bond acceptors (Lipinski definition) is 4. The Balaban J connectivity index is 1.24. The number of anilines is 1. The maximum atomic E-state index is 8.48. The van der Waals surface area contributed by atoms with Gasteiger partial charge < -0.3 is 14.5 Å². The van der Waals surface area contributed by atoms with Crippen LogP contribution in [0.1, 0.15) is 97.8 Å². The zero-order valence-corrected chi connectivity index (χ0v) is 35.3. The van der Waals surface area contributed by atoms with E-state index in [1.807, 2.05) is 37.4 Å². The quantitative estimate of drug-likeness (QED) is 0.154. The summed E-state index contributed by atoms with van der Waals surface area (Å²) >= 11 is 0. The Morgan fingerprint density at radius 3 is 2.19 bits per heavy atom. The summed E-state index contributed by atoms with van der Waals surface area (Å²) in [5.41, 5.74) is 11.9. The summed E-state index contributed by atoms with van der Waals surface area (Å²) in [5, 5.41) is 2.27. The van der Waals surface area contributed by atoms with E-state index in [9.17, 15) is 0 Å². The number of pyridine rings is 1. The molecule has 0 saturated heterocycles. The molecule has 0 aliphatic carbocycles. The van der Waals surface area contributed by atoms with Crippen LogP contribution in [-0.4, -0.2) is 20.6 Å². The maximum absolute atomic E-state index is 8.48. The molecular formula is C54H54N4O. The zero-order valence-electron chi connectivity index (χ0n) is 38.3. The lowest BCUT2D eigenvalue weighted by Crippen LogP contribution is -2.36. The van der Waals surface area contributed by atoms with Crippen LogP contribution in [-0.2, 0) is 5.41 Å². The van der Waals surface area contributed by atoms with Crippen molar-refractivity contribution in [2.45, 2.75) is 85.7 Å². The molecule has 296 valence electrons. The molecule has 4 heterocycles. The number of aryl methyl sites for hydroxylation is 2. The molecule has 5 aromatic carbocycles. The Kier molecular flexibility index (Phi) is 8.70. The van der Waals surface area contributed by atoms with E-state index < -0.39 is 6.85 Å². The second kappa shape index (κ2) is 14.8. The van der Waals surface area contributed by atoms with Gasteiger partial charge in [0.05, 0.1) is 16.7 Å². The molecule has 0 bridgehead atoms. The molecule has 0 fully saturated rings. The van der Waals surface area contributed by atoms with Crippen molar-refractivity contribution in [3.63, 3.8) is 0 Å². The average molecular weight is 778 g/mol. The van der Waals surface area contributed by atoms with Crippen molar-refractivity contribution in [3.05, 3.63) is 179 Å². The highest BCUT2D eigenvalue weighted by Crippen LogP contribution is 2.44. The summed E-state index contributed by atoms with van der Waals surface area (Å²) in [7, 11) is 0. The molecule has 2 aliphatic rings. The van der Waals surface area contributed by atoms with E-state index >= 15 is 0 Å². The number of para-hydroxylation sites is 2. The first-order valence-electron chi connectivity index (χ1n) is 22.3. The van der Waals surface area contributed by atoms with E-state index in [-0.39, 0.29) is 23.4 Å². The normalized spacial score (nSPS) is 16.2. The van der Waals surface area contributed by atoms with Crippen molar-refractivity contribution in [3.8, 4) is 28.4 Å². The van der Waals surface area contributed by atoms with Crippen LogP contribution in [0.25, 0.3) is 44.4 Å². The topological polar surface area (TPSA) is 33.5 Å². The number of nitrogens with zero attached hydrogens (tertiary/aromatic N) is 4. The molecule has 1 unspecified atom stereocenters. The summed E-state index contributed by atoms with van der Waals surface area (Å²) in [4.78, 5) is 9.24. The Morgan fingerprint density at radius 2 is 1.42 bits per heavy atom. The van der Waals surface area contributed by atoms with E-state index in [2.05, 4.69) is 172 Å². The molecule has 0 N–H and O–H groups in total. The molecule has 7 aromatic rings. The van der Waals surface area contributed by atoms with Gasteiger partial charge in [0.2, 0.25) is 0 Å². The van der Waals surface area contributed by atoms with Crippen LogP contribution in [0.5, 0.6) is 11.5 Å². The number of fused-ring (bicyclic) bond motifs is 4. The van der Waals surface area contributed by atoms with Crippen LogP contribution >= 0.6 is 0 Å². The van der Waals surface area contributed by atoms with Crippen LogP contribution < -0.4 is 9.64 Å². The molecule has 0 radical (unpaired) electrons. The van der Waals surface area contributed by atoms with Crippen LogP contribution in [0.15, 0.2) is 146 Å². The Morgan fingerprint density at radius 1 is 0.695 bits per heavy atom. The van der Waals surface area contributed by atoms with Crippen molar-refractivity contribution in [2.24, 2.45) is 0 Å². The standard InChI is InChI=1S/C54H54N4O/c1-34(2)43-19-15-20-44(35(3)4)52(43)39-28-38(49-33-57(51-22-12-13-27-56(49)51)53-36(5)16-14-17-37(53)6)29-42(30-39)59-41-23-24-46-45-18-10-11-21-47(45)58(48(46)32-41)50-31-40(25-26-55-50)54(7,8)9/h10-35,51H,1-9H3/i5D3. The highest BCUT2D eigenvalue weighted by Gasteiger charge is 2.34. The Hall–Kier alpha value is -6.33. The number of aromatic nitrogens is 2. The average Bonchev–Trinajstić information content (AvgIpc) is 3.78. The molecule has 0 saturated carbocycles. The number of rotatable bonds is 8. The number of allylic oxidation sites excluding steroid dienone is 2. The molecule has 9 rings (SSSR count). The Bertz CT molecular complexity index is 2940. The van der Waals surface area contributed by atoms with Gasteiger partial charge in [0, 0.05) is 50.8 Å². The minimum Gasteiger partial charge on any atom is -0.457 e. The predicted octanol–water partition coefficient (Wildman–Crippen LogP) is 14.3. The fraction of sp³-hybridized carbons (Fsp3) is 0.241. The van der Waals surface area contributed by atoms with Crippen molar-refractivity contribution < 1.29 is 8.85 Å². The lowest BCUT2D eigenvalue weighted by Gasteiger charge is -2.33. The fourth-order valence-corrected chi connectivity index (χ4v) is 8.87. The van der Waals surface area contributed by atoms with Gasteiger partial charge in [-0.05, 0) is 131 Å². The maximum Gasteiger partial charge on any atom is 0.137 e.